The van der Waals surface area contributed by atoms with E-state index in [0.29, 0.717) is 12.2 Å². The number of carbonyl (C=O) groups is 1. The van der Waals surface area contributed by atoms with Gasteiger partial charge in [0.15, 0.2) is 0 Å². The maximum absolute atomic E-state index is 11.8. The smallest absolute Gasteiger partial charge is 0.338 e. The van der Waals surface area contributed by atoms with Gasteiger partial charge in [-0.1, -0.05) is 0 Å². The average molecular weight is 423 g/mol. The molecule has 160 valence electrons. The van der Waals surface area contributed by atoms with Gasteiger partial charge in [0.2, 0.25) is 11.8 Å². The molecule has 0 spiro atoms. The quantitative estimate of drug-likeness (QED) is 0.255. The second-order valence-corrected chi connectivity index (χ2v) is 6.52. The molecule has 11 nitrogen and oxygen atoms in total. The number of hydrazone groups is 1. The molecule has 0 fully saturated rings. The van der Waals surface area contributed by atoms with Gasteiger partial charge < -0.3 is 15.0 Å². The first-order chi connectivity index (χ1) is 14.8. The van der Waals surface area contributed by atoms with E-state index >= 15 is 0 Å². The Balaban J connectivity index is 1.83. The summed E-state index contributed by atoms with van der Waals surface area (Å²) in [7, 11) is 0. The van der Waals surface area contributed by atoms with E-state index in [-0.39, 0.29) is 23.4 Å². The van der Waals surface area contributed by atoms with Gasteiger partial charge in [-0.05, 0) is 51.1 Å². The summed E-state index contributed by atoms with van der Waals surface area (Å²) >= 11 is 0. The maximum Gasteiger partial charge on any atom is 0.338 e. The normalized spacial score (nSPS) is 10.9. The highest BCUT2D eigenvalue weighted by Crippen LogP contribution is 2.22. The van der Waals surface area contributed by atoms with Crippen molar-refractivity contribution in [3.05, 3.63) is 69.2 Å². The summed E-state index contributed by atoms with van der Waals surface area (Å²) in [5, 5.41) is 15.2. The Hall–Kier alpha value is -4.28. The number of carbonyl (C=O) groups excluding carboxylic acids is 1. The Kier molecular flexibility index (Phi) is 6.24. The van der Waals surface area contributed by atoms with Crippen LogP contribution >= 0.6 is 0 Å². The van der Waals surface area contributed by atoms with Crippen molar-refractivity contribution in [3.63, 3.8) is 0 Å². The lowest BCUT2D eigenvalue weighted by Crippen LogP contribution is -2.05. The molecule has 11 heteroatoms. The van der Waals surface area contributed by atoms with E-state index in [0.717, 1.165) is 28.8 Å². The third-order valence-electron chi connectivity index (χ3n) is 4.47. The molecule has 2 heterocycles. The summed E-state index contributed by atoms with van der Waals surface area (Å²) < 4.78 is 7.01. The molecule has 0 unspecified atom stereocenters. The van der Waals surface area contributed by atoms with Crippen molar-refractivity contribution in [3.8, 4) is 5.69 Å². The average Bonchev–Trinajstić information content (AvgIpc) is 3.01. The summed E-state index contributed by atoms with van der Waals surface area (Å²) in [5.41, 5.74) is 11.7. The number of benzene rings is 1. The number of rotatable bonds is 7. The Morgan fingerprint density at radius 3 is 2.71 bits per heavy atom. The number of nitrogens with zero attached hydrogens (tertiary/aromatic N) is 5. The number of nitrogens with two attached hydrogens (primary N) is 1. The van der Waals surface area contributed by atoms with Crippen molar-refractivity contribution in [2.45, 2.75) is 20.8 Å². The van der Waals surface area contributed by atoms with Crippen LogP contribution in [-0.4, -0.2) is 38.2 Å². The number of hydrogen-bond donors (Lipinski definition) is 2. The zero-order valence-corrected chi connectivity index (χ0v) is 17.2. The van der Waals surface area contributed by atoms with Crippen LogP contribution in [0.2, 0.25) is 0 Å². The van der Waals surface area contributed by atoms with Crippen LogP contribution in [0.4, 0.5) is 17.5 Å². The minimum atomic E-state index is -0.622. The zero-order chi connectivity index (χ0) is 22.5. The summed E-state index contributed by atoms with van der Waals surface area (Å²) in [4.78, 5) is 29.7. The first kappa shape index (κ1) is 21.4. The number of esters is 1. The molecule has 31 heavy (non-hydrogen) atoms. The van der Waals surface area contributed by atoms with E-state index in [1.54, 1.807) is 19.1 Å². The Morgan fingerprint density at radius 2 is 2.06 bits per heavy atom. The van der Waals surface area contributed by atoms with Crippen molar-refractivity contribution in [1.29, 1.82) is 0 Å². The first-order valence-electron chi connectivity index (χ1n) is 9.34. The van der Waals surface area contributed by atoms with Gasteiger partial charge in [-0.3, -0.25) is 15.5 Å². The maximum atomic E-state index is 11.8. The van der Waals surface area contributed by atoms with Crippen LogP contribution in [0.3, 0.4) is 0 Å². The molecule has 0 saturated carbocycles. The lowest BCUT2D eigenvalue weighted by molar-refractivity contribution is -0.384. The van der Waals surface area contributed by atoms with Crippen LogP contribution < -0.4 is 11.2 Å². The predicted octanol–water partition coefficient (Wildman–Crippen LogP) is 3.00. The van der Waals surface area contributed by atoms with Gasteiger partial charge in [0.05, 0.1) is 23.3 Å². The highest BCUT2D eigenvalue weighted by Gasteiger charge is 2.16. The zero-order valence-electron chi connectivity index (χ0n) is 17.2. The van der Waals surface area contributed by atoms with Gasteiger partial charge in [-0.25, -0.2) is 9.78 Å². The van der Waals surface area contributed by atoms with Gasteiger partial charge in [-0.2, -0.15) is 10.1 Å². The fourth-order valence-corrected chi connectivity index (χ4v) is 3.04. The largest absolute Gasteiger partial charge is 0.462 e. The minimum absolute atomic E-state index is 0.0999. The molecular weight excluding hydrogens is 402 g/mol. The molecule has 0 bridgehead atoms. The van der Waals surface area contributed by atoms with Gasteiger partial charge in [0.25, 0.3) is 0 Å². The molecule has 0 amide bonds. The SMILES string of the molecule is CCOC(=O)c1ccc(-n2c(C)cc(/C=N/Nc3nc(N)ncc3[N+](=O)[O-])c2C)cc1. The van der Waals surface area contributed by atoms with E-state index in [1.807, 2.05) is 36.6 Å². The number of nitrogen functional groups attached to an aromatic ring is 1. The lowest BCUT2D eigenvalue weighted by Gasteiger charge is -2.10. The third kappa shape index (κ3) is 4.66. The van der Waals surface area contributed by atoms with Crippen molar-refractivity contribution in [2.75, 3.05) is 17.8 Å². The second-order valence-electron chi connectivity index (χ2n) is 6.52. The molecule has 0 aliphatic heterocycles. The number of nitrogens with one attached hydrogen (secondary N) is 1. The van der Waals surface area contributed by atoms with E-state index in [1.165, 1.54) is 6.21 Å². The van der Waals surface area contributed by atoms with Crippen molar-refractivity contribution >= 4 is 29.6 Å². The van der Waals surface area contributed by atoms with Crippen LogP contribution in [0.25, 0.3) is 5.69 Å². The van der Waals surface area contributed by atoms with Crippen LogP contribution in [0, 0.1) is 24.0 Å². The van der Waals surface area contributed by atoms with E-state index in [9.17, 15) is 14.9 Å². The van der Waals surface area contributed by atoms with Crippen LogP contribution in [-0.2, 0) is 4.74 Å². The fraction of sp³-hybridized carbons (Fsp3) is 0.200. The van der Waals surface area contributed by atoms with Crippen molar-refractivity contribution in [2.24, 2.45) is 5.10 Å². The van der Waals surface area contributed by atoms with Crippen LogP contribution in [0.15, 0.2) is 41.6 Å². The van der Waals surface area contributed by atoms with Crippen molar-refractivity contribution < 1.29 is 14.5 Å². The molecule has 2 aromatic heterocycles. The number of hydrogen-bond acceptors (Lipinski definition) is 9. The van der Waals surface area contributed by atoms with Gasteiger partial charge in [0, 0.05) is 22.6 Å². The molecule has 0 atom stereocenters. The predicted molar refractivity (Wildman–Crippen MR) is 116 cm³/mol. The van der Waals surface area contributed by atoms with E-state index in [2.05, 4.69) is 20.5 Å². The molecular formula is C20H21N7O4. The van der Waals surface area contributed by atoms with Gasteiger partial charge in [0.1, 0.15) is 6.20 Å². The standard InChI is InChI=1S/C20H21N7O4/c1-4-31-19(28)14-5-7-16(8-6-14)26-12(2)9-15(13(26)3)10-23-25-18-17(27(29)30)11-22-20(21)24-18/h5-11H,4H2,1-3H3,(H3,21,22,24,25)/b23-10+. The fourth-order valence-electron chi connectivity index (χ4n) is 3.04. The number of aromatic nitrogens is 3. The molecule has 1 aromatic carbocycles. The summed E-state index contributed by atoms with van der Waals surface area (Å²) in [6.07, 6.45) is 2.56. The summed E-state index contributed by atoms with van der Waals surface area (Å²) in [6, 6.07) is 9.00. The molecule has 0 aliphatic rings. The molecule has 3 aromatic rings. The highest BCUT2D eigenvalue weighted by molar-refractivity contribution is 5.89. The first-order valence-corrected chi connectivity index (χ1v) is 9.34. The lowest BCUT2D eigenvalue weighted by atomic mass is 10.2. The molecule has 0 aliphatic carbocycles. The Morgan fingerprint density at radius 1 is 1.35 bits per heavy atom. The van der Waals surface area contributed by atoms with Crippen LogP contribution in [0.5, 0.6) is 0 Å². The Labute approximate surface area is 177 Å². The number of ether oxygens (including phenoxy) is 1. The molecule has 0 radical (unpaired) electrons. The van der Waals surface area contributed by atoms with Gasteiger partial charge >= 0.3 is 11.7 Å². The molecule has 3 N–H and O–H groups in total. The summed E-state index contributed by atoms with van der Waals surface area (Å²) in [6.45, 7) is 5.93. The number of nitro groups is 1. The number of anilines is 2. The monoisotopic (exact) mass is 423 g/mol. The number of aryl methyl sites for hydroxylation is 1. The topological polar surface area (TPSA) is 151 Å². The van der Waals surface area contributed by atoms with E-state index < -0.39 is 4.92 Å². The summed E-state index contributed by atoms with van der Waals surface area (Å²) in [5.74, 6) is -0.571. The van der Waals surface area contributed by atoms with Gasteiger partial charge in [-0.15, -0.1) is 0 Å². The third-order valence-corrected chi connectivity index (χ3v) is 4.47. The molecule has 0 saturated heterocycles. The Bertz CT molecular complexity index is 1150. The van der Waals surface area contributed by atoms with E-state index in [4.69, 9.17) is 10.5 Å². The van der Waals surface area contributed by atoms with Crippen LogP contribution in [0.1, 0.15) is 34.2 Å². The minimum Gasteiger partial charge on any atom is -0.462 e. The van der Waals surface area contributed by atoms with Crippen molar-refractivity contribution in [1.82, 2.24) is 14.5 Å². The highest BCUT2D eigenvalue weighted by atomic mass is 16.6. The second kappa shape index (κ2) is 9.03. The molecule has 3 rings (SSSR count).